The normalized spacial score (nSPS) is 16.1. The van der Waals surface area contributed by atoms with Crippen LogP contribution in [0.25, 0.3) is 0 Å². The van der Waals surface area contributed by atoms with Gasteiger partial charge in [0.2, 0.25) is 5.91 Å². The molecule has 1 heterocycles. The molecule has 0 aliphatic heterocycles. The standard InChI is InChI=1S/C20H22N2O4S2/c1-13-3-8-16-17(12-21)20(27-18(16)11-13)22-19(23)9-10-28(24,25)15-6-4-14(26-2)5-7-15/h4-7,13H,3,8-11H2,1-2H3,(H,22,23). The van der Waals surface area contributed by atoms with E-state index in [9.17, 15) is 18.5 Å². The number of benzene rings is 1. The van der Waals surface area contributed by atoms with Gasteiger partial charge >= 0.3 is 0 Å². The lowest BCUT2D eigenvalue weighted by Crippen LogP contribution is -2.17. The van der Waals surface area contributed by atoms with Gasteiger partial charge in [0, 0.05) is 11.3 Å². The molecule has 1 atom stereocenters. The smallest absolute Gasteiger partial charge is 0.226 e. The van der Waals surface area contributed by atoms with Crippen molar-refractivity contribution in [2.45, 2.75) is 37.5 Å². The van der Waals surface area contributed by atoms with Gasteiger partial charge in [0.25, 0.3) is 0 Å². The van der Waals surface area contributed by atoms with E-state index in [1.165, 1.54) is 30.6 Å². The summed E-state index contributed by atoms with van der Waals surface area (Å²) in [4.78, 5) is 13.6. The molecule has 1 N–H and O–H groups in total. The fourth-order valence-electron chi connectivity index (χ4n) is 3.27. The van der Waals surface area contributed by atoms with Crippen LogP contribution in [0, 0.1) is 17.2 Å². The van der Waals surface area contributed by atoms with Crippen LogP contribution in [0.2, 0.25) is 0 Å². The molecule has 28 heavy (non-hydrogen) atoms. The first-order valence-electron chi connectivity index (χ1n) is 9.05. The van der Waals surface area contributed by atoms with Crippen molar-refractivity contribution in [1.29, 1.82) is 5.26 Å². The van der Waals surface area contributed by atoms with Crippen LogP contribution in [0.15, 0.2) is 29.2 Å². The highest BCUT2D eigenvalue weighted by Gasteiger charge is 2.25. The molecular weight excluding hydrogens is 396 g/mol. The first-order chi connectivity index (χ1) is 13.3. The fraction of sp³-hybridized carbons (Fsp3) is 0.400. The van der Waals surface area contributed by atoms with E-state index in [0.29, 0.717) is 22.2 Å². The summed E-state index contributed by atoms with van der Waals surface area (Å²) in [5.74, 6) is 0.433. The van der Waals surface area contributed by atoms with Crippen LogP contribution >= 0.6 is 11.3 Å². The zero-order valence-electron chi connectivity index (χ0n) is 15.8. The van der Waals surface area contributed by atoms with Crippen molar-refractivity contribution in [3.8, 4) is 11.8 Å². The van der Waals surface area contributed by atoms with Crippen molar-refractivity contribution in [2.24, 2.45) is 5.92 Å². The number of sulfone groups is 1. The van der Waals surface area contributed by atoms with Crippen LogP contribution in [0.4, 0.5) is 5.00 Å². The molecule has 0 radical (unpaired) electrons. The third kappa shape index (κ3) is 4.37. The second-order valence-corrected chi connectivity index (χ2v) is 10.2. The van der Waals surface area contributed by atoms with E-state index < -0.39 is 15.7 Å². The monoisotopic (exact) mass is 418 g/mol. The largest absolute Gasteiger partial charge is 0.497 e. The lowest BCUT2D eigenvalue weighted by molar-refractivity contribution is -0.115. The summed E-state index contributed by atoms with van der Waals surface area (Å²) in [5, 5.41) is 12.8. The number of anilines is 1. The predicted octanol–water partition coefficient (Wildman–Crippen LogP) is 3.56. The molecule has 1 aromatic heterocycles. The summed E-state index contributed by atoms with van der Waals surface area (Å²) in [5.41, 5.74) is 1.56. The third-order valence-corrected chi connectivity index (χ3v) is 7.79. The van der Waals surface area contributed by atoms with Crippen molar-refractivity contribution in [3.05, 3.63) is 40.3 Å². The van der Waals surface area contributed by atoms with Gasteiger partial charge in [-0.25, -0.2) is 8.42 Å². The third-order valence-electron chi connectivity index (χ3n) is 4.89. The van der Waals surface area contributed by atoms with Crippen LogP contribution in [-0.2, 0) is 27.5 Å². The number of fused-ring (bicyclic) bond motifs is 1. The van der Waals surface area contributed by atoms with Gasteiger partial charge in [0.15, 0.2) is 9.84 Å². The Morgan fingerprint density at radius 1 is 1.36 bits per heavy atom. The molecule has 6 nitrogen and oxygen atoms in total. The number of nitriles is 1. The molecule has 0 bridgehead atoms. The molecule has 2 aromatic rings. The molecule has 1 amide bonds. The van der Waals surface area contributed by atoms with E-state index in [-0.39, 0.29) is 17.1 Å². The number of carbonyl (C=O) groups excluding carboxylic acids is 1. The van der Waals surface area contributed by atoms with E-state index in [4.69, 9.17) is 4.74 Å². The number of nitrogens with one attached hydrogen (secondary N) is 1. The molecule has 8 heteroatoms. The van der Waals surface area contributed by atoms with Gasteiger partial charge in [0.1, 0.15) is 16.8 Å². The van der Waals surface area contributed by atoms with E-state index in [2.05, 4.69) is 18.3 Å². The summed E-state index contributed by atoms with van der Waals surface area (Å²) < 4.78 is 29.9. The van der Waals surface area contributed by atoms with Crippen molar-refractivity contribution in [1.82, 2.24) is 0 Å². The van der Waals surface area contributed by atoms with E-state index in [1.807, 2.05) is 0 Å². The van der Waals surface area contributed by atoms with Gasteiger partial charge in [-0.1, -0.05) is 6.92 Å². The van der Waals surface area contributed by atoms with Crippen molar-refractivity contribution in [3.63, 3.8) is 0 Å². The maximum Gasteiger partial charge on any atom is 0.226 e. The van der Waals surface area contributed by atoms with Gasteiger partial charge in [-0.2, -0.15) is 5.26 Å². The quantitative estimate of drug-likeness (QED) is 0.774. The second-order valence-electron chi connectivity index (χ2n) is 6.96. The highest BCUT2D eigenvalue weighted by atomic mass is 32.2. The number of nitrogens with zero attached hydrogens (tertiary/aromatic N) is 1. The van der Waals surface area contributed by atoms with Crippen LogP contribution < -0.4 is 10.1 Å². The minimum atomic E-state index is -3.58. The molecule has 3 rings (SSSR count). The Bertz CT molecular complexity index is 1020. The number of methoxy groups -OCH3 is 1. The summed E-state index contributed by atoms with van der Waals surface area (Å²) in [7, 11) is -2.07. The lowest BCUT2D eigenvalue weighted by Gasteiger charge is -2.17. The molecule has 0 fully saturated rings. The topological polar surface area (TPSA) is 96.3 Å². The molecule has 1 aliphatic carbocycles. The van der Waals surface area contributed by atoms with Gasteiger partial charge in [-0.05, 0) is 55.0 Å². The second kappa shape index (κ2) is 8.33. The van der Waals surface area contributed by atoms with Crippen LogP contribution in [0.3, 0.4) is 0 Å². The molecule has 1 aromatic carbocycles. The molecule has 0 saturated carbocycles. The molecule has 0 saturated heterocycles. The highest BCUT2D eigenvalue weighted by molar-refractivity contribution is 7.91. The average Bonchev–Trinajstić information content (AvgIpc) is 3.02. The van der Waals surface area contributed by atoms with E-state index >= 15 is 0 Å². The van der Waals surface area contributed by atoms with E-state index in [0.717, 1.165) is 29.7 Å². The number of rotatable bonds is 6. The number of hydrogen-bond acceptors (Lipinski definition) is 6. The maximum atomic E-state index is 12.4. The average molecular weight is 419 g/mol. The van der Waals surface area contributed by atoms with Gasteiger partial charge in [-0.15, -0.1) is 11.3 Å². The Kier molecular flexibility index (Phi) is 6.06. The SMILES string of the molecule is COc1ccc(S(=O)(=O)CCC(=O)Nc2sc3c(c2C#N)CCC(C)C3)cc1. The van der Waals surface area contributed by atoms with Crippen molar-refractivity contribution in [2.75, 3.05) is 18.2 Å². The zero-order chi connectivity index (χ0) is 20.3. The molecule has 148 valence electrons. The number of carbonyl (C=O) groups is 1. The zero-order valence-corrected chi connectivity index (χ0v) is 17.5. The molecular formula is C20H22N2O4S2. The van der Waals surface area contributed by atoms with Crippen LogP contribution in [0.5, 0.6) is 5.75 Å². The minimum Gasteiger partial charge on any atom is -0.497 e. The van der Waals surface area contributed by atoms with Crippen LogP contribution in [0.1, 0.15) is 35.8 Å². The summed E-state index contributed by atoms with van der Waals surface area (Å²) >= 11 is 1.43. The van der Waals surface area contributed by atoms with E-state index in [1.54, 1.807) is 12.1 Å². The number of hydrogen-bond donors (Lipinski definition) is 1. The molecule has 0 spiro atoms. The number of ether oxygens (including phenoxy) is 1. The fourth-order valence-corrected chi connectivity index (χ4v) is 5.89. The Morgan fingerprint density at radius 2 is 2.07 bits per heavy atom. The van der Waals surface area contributed by atoms with Crippen molar-refractivity contribution < 1.29 is 17.9 Å². The van der Waals surface area contributed by atoms with Gasteiger partial charge in [0.05, 0.1) is 23.3 Å². The first kappa shape index (κ1) is 20.4. The predicted molar refractivity (Wildman–Crippen MR) is 109 cm³/mol. The van der Waals surface area contributed by atoms with Gasteiger partial charge in [-0.3, -0.25) is 4.79 Å². The first-order valence-corrected chi connectivity index (χ1v) is 11.5. The van der Waals surface area contributed by atoms with Gasteiger partial charge < -0.3 is 10.1 Å². The Labute approximate surface area is 169 Å². The summed E-state index contributed by atoms with van der Waals surface area (Å²) in [6.07, 6.45) is 2.62. The maximum absolute atomic E-state index is 12.4. The Morgan fingerprint density at radius 3 is 2.71 bits per heavy atom. The minimum absolute atomic E-state index is 0.152. The summed E-state index contributed by atoms with van der Waals surface area (Å²) in [6, 6.07) is 8.28. The van der Waals surface area contributed by atoms with Crippen molar-refractivity contribution >= 4 is 32.1 Å². The molecule has 1 aliphatic rings. The Hall–Kier alpha value is -2.37. The number of amides is 1. The number of thiophene rings is 1. The lowest BCUT2D eigenvalue weighted by atomic mass is 9.89. The van der Waals surface area contributed by atoms with Crippen LogP contribution in [-0.4, -0.2) is 27.2 Å². The summed E-state index contributed by atoms with van der Waals surface area (Å²) in [6.45, 7) is 2.18. The molecule has 1 unspecified atom stereocenters. The highest BCUT2D eigenvalue weighted by Crippen LogP contribution is 2.39. The Balaban J connectivity index is 1.67.